The summed E-state index contributed by atoms with van der Waals surface area (Å²) >= 11 is 0. The average molecular weight is 198 g/mol. The minimum atomic E-state index is 0.280. The minimum Gasteiger partial charge on any atom is -0.407 e. The summed E-state index contributed by atoms with van der Waals surface area (Å²) in [5.41, 5.74) is 5.35. The molecule has 1 aliphatic rings. The van der Waals surface area contributed by atoms with E-state index in [4.69, 9.17) is 14.9 Å². The lowest BCUT2D eigenvalue weighted by Crippen LogP contribution is -2.27. The van der Waals surface area contributed by atoms with Gasteiger partial charge in [0.1, 0.15) is 0 Å². The number of hydrogen-bond donors (Lipinski definition) is 2. The molecular weight excluding hydrogens is 184 g/mol. The van der Waals surface area contributed by atoms with Gasteiger partial charge in [0.05, 0.1) is 6.54 Å². The first-order valence-corrected chi connectivity index (χ1v) is 4.75. The number of aromatic nitrogens is 2. The molecule has 0 amide bonds. The van der Waals surface area contributed by atoms with Gasteiger partial charge in [-0.2, -0.15) is 0 Å². The lowest BCUT2D eigenvalue weighted by molar-refractivity contribution is 0.0899. The van der Waals surface area contributed by atoms with Crippen molar-refractivity contribution in [3.8, 4) is 0 Å². The molecular formula is C8H14N4O2. The van der Waals surface area contributed by atoms with E-state index in [0.717, 1.165) is 26.1 Å². The normalized spacial score (nSPS) is 18.4. The van der Waals surface area contributed by atoms with E-state index in [0.29, 0.717) is 17.9 Å². The Morgan fingerprint density at radius 2 is 2.14 bits per heavy atom. The average Bonchev–Trinajstić information content (AvgIpc) is 2.67. The van der Waals surface area contributed by atoms with Crippen molar-refractivity contribution in [1.82, 2.24) is 10.2 Å². The summed E-state index contributed by atoms with van der Waals surface area (Å²) in [6, 6.07) is 0.826. The Balaban J connectivity index is 1.89. The molecule has 3 N–H and O–H groups in total. The van der Waals surface area contributed by atoms with Crippen LogP contribution < -0.4 is 11.1 Å². The highest BCUT2D eigenvalue weighted by Gasteiger charge is 2.15. The van der Waals surface area contributed by atoms with Crippen molar-refractivity contribution >= 4 is 6.01 Å². The molecule has 2 heterocycles. The summed E-state index contributed by atoms with van der Waals surface area (Å²) in [6.07, 6.45) is 1.95. The van der Waals surface area contributed by atoms with E-state index in [9.17, 15) is 0 Å². The van der Waals surface area contributed by atoms with Crippen molar-refractivity contribution < 1.29 is 9.15 Å². The van der Waals surface area contributed by atoms with Gasteiger partial charge in [-0.25, -0.2) is 0 Å². The van der Waals surface area contributed by atoms with Crippen LogP contribution in [0, 0.1) is 0 Å². The first kappa shape index (κ1) is 9.42. The largest absolute Gasteiger partial charge is 0.407 e. The number of nitrogens with zero attached hydrogens (tertiary/aromatic N) is 2. The van der Waals surface area contributed by atoms with Crippen molar-refractivity contribution in [2.75, 3.05) is 18.5 Å². The van der Waals surface area contributed by atoms with Gasteiger partial charge in [-0.3, -0.25) is 0 Å². The number of nitrogens with one attached hydrogen (secondary N) is 1. The van der Waals surface area contributed by atoms with Crippen molar-refractivity contribution in [2.45, 2.75) is 25.4 Å². The van der Waals surface area contributed by atoms with E-state index in [2.05, 4.69) is 15.5 Å². The van der Waals surface area contributed by atoms with Gasteiger partial charge in [-0.1, -0.05) is 5.10 Å². The van der Waals surface area contributed by atoms with Gasteiger partial charge in [0.25, 0.3) is 0 Å². The van der Waals surface area contributed by atoms with Crippen LogP contribution in [-0.2, 0) is 11.3 Å². The minimum absolute atomic E-state index is 0.280. The highest BCUT2D eigenvalue weighted by molar-refractivity contribution is 5.19. The van der Waals surface area contributed by atoms with Crippen LogP contribution >= 0.6 is 0 Å². The van der Waals surface area contributed by atoms with Gasteiger partial charge in [0, 0.05) is 19.3 Å². The molecule has 1 saturated heterocycles. The van der Waals surface area contributed by atoms with Crippen LogP contribution in [0.4, 0.5) is 6.01 Å². The number of anilines is 1. The Kier molecular flexibility index (Phi) is 2.95. The fourth-order valence-electron chi connectivity index (χ4n) is 1.41. The number of nitrogens with two attached hydrogens (primary N) is 1. The maximum absolute atomic E-state index is 5.35. The fraction of sp³-hybridized carbons (Fsp3) is 0.750. The van der Waals surface area contributed by atoms with Crippen LogP contribution in [0.25, 0.3) is 0 Å². The predicted octanol–water partition coefficient (Wildman–Crippen LogP) is 0.119. The third-order valence-corrected chi connectivity index (χ3v) is 2.19. The first-order chi connectivity index (χ1) is 6.88. The molecule has 0 radical (unpaired) electrons. The molecule has 0 aliphatic carbocycles. The molecule has 0 aromatic carbocycles. The molecule has 1 aliphatic heterocycles. The molecule has 6 nitrogen and oxygen atoms in total. The molecule has 1 aromatic rings. The molecule has 0 unspecified atom stereocenters. The number of hydrogen-bond acceptors (Lipinski definition) is 6. The van der Waals surface area contributed by atoms with Gasteiger partial charge in [-0.15, -0.1) is 5.10 Å². The van der Waals surface area contributed by atoms with Gasteiger partial charge < -0.3 is 20.2 Å². The van der Waals surface area contributed by atoms with Crippen LogP contribution in [0.3, 0.4) is 0 Å². The van der Waals surface area contributed by atoms with E-state index in [1.807, 2.05) is 0 Å². The first-order valence-electron chi connectivity index (χ1n) is 4.75. The second kappa shape index (κ2) is 4.39. The quantitative estimate of drug-likeness (QED) is 0.717. The van der Waals surface area contributed by atoms with Gasteiger partial charge >= 0.3 is 6.01 Å². The van der Waals surface area contributed by atoms with E-state index in [1.165, 1.54) is 0 Å². The second-order valence-electron chi connectivity index (χ2n) is 3.24. The monoisotopic (exact) mass is 198 g/mol. The SMILES string of the molecule is NCc1nnc(NC2CCOCC2)o1. The van der Waals surface area contributed by atoms with E-state index < -0.39 is 0 Å². The zero-order valence-corrected chi connectivity index (χ0v) is 7.90. The lowest BCUT2D eigenvalue weighted by Gasteiger charge is -2.21. The molecule has 0 atom stereocenters. The number of rotatable bonds is 3. The van der Waals surface area contributed by atoms with Crippen molar-refractivity contribution in [2.24, 2.45) is 5.73 Å². The molecule has 14 heavy (non-hydrogen) atoms. The molecule has 78 valence electrons. The summed E-state index contributed by atoms with van der Waals surface area (Å²) < 4.78 is 10.5. The van der Waals surface area contributed by atoms with Crippen LogP contribution in [0.15, 0.2) is 4.42 Å². The molecule has 0 bridgehead atoms. The smallest absolute Gasteiger partial charge is 0.315 e. The molecule has 6 heteroatoms. The molecule has 0 spiro atoms. The summed E-state index contributed by atoms with van der Waals surface area (Å²) in [5.74, 6) is 0.458. The summed E-state index contributed by atoms with van der Waals surface area (Å²) in [6.45, 7) is 1.85. The summed E-state index contributed by atoms with van der Waals surface area (Å²) in [4.78, 5) is 0. The van der Waals surface area contributed by atoms with E-state index in [-0.39, 0.29) is 6.54 Å². The third kappa shape index (κ3) is 2.21. The van der Waals surface area contributed by atoms with Gasteiger partial charge in [0.15, 0.2) is 0 Å². The van der Waals surface area contributed by atoms with Crippen LogP contribution in [0.1, 0.15) is 18.7 Å². The van der Waals surface area contributed by atoms with Gasteiger partial charge in [0.2, 0.25) is 5.89 Å². The van der Waals surface area contributed by atoms with Crippen LogP contribution in [0.2, 0.25) is 0 Å². The molecule has 2 rings (SSSR count). The van der Waals surface area contributed by atoms with E-state index >= 15 is 0 Å². The second-order valence-corrected chi connectivity index (χ2v) is 3.24. The molecule has 1 aromatic heterocycles. The highest BCUT2D eigenvalue weighted by Crippen LogP contribution is 2.13. The topological polar surface area (TPSA) is 86.2 Å². The van der Waals surface area contributed by atoms with E-state index in [1.54, 1.807) is 0 Å². The Labute approximate surface area is 81.8 Å². The maximum atomic E-state index is 5.35. The lowest BCUT2D eigenvalue weighted by atomic mass is 10.1. The Bertz CT molecular complexity index is 283. The Hall–Kier alpha value is -1.14. The van der Waals surface area contributed by atoms with Crippen molar-refractivity contribution in [1.29, 1.82) is 0 Å². The molecule has 0 saturated carbocycles. The zero-order chi connectivity index (χ0) is 9.80. The predicted molar refractivity (Wildman–Crippen MR) is 49.7 cm³/mol. The van der Waals surface area contributed by atoms with Crippen LogP contribution in [0.5, 0.6) is 0 Å². The van der Waals surface area contributed by atoms with Crippen LogP contribution in [-0.4, -0.2) is 29.5 Å². The number of ether oxygens (including phenoxy) is 1. The Morgan fingerprint density at radius 3 is 2.79 bits per heavy atom. The zero-order valence-electron chi connectivity index (χ0n) is 7.90. The maximum Gasteiger partial charge on any atom is 0.315 e. The highest BCUT2D eigenvalue weighted by atomic mass is 16.5. The van der Waals surface area contributed by atoms with Crippen molar-refractivity contribution in [3.05, 3.63) is 5.89 Å². The van der Waals surface area contributed by atoms with Crippen molar-refractivity contribution in [3.63, 3.8) is 0 Å². The molecule has 1 fully saturated rings. The van der Waals surface area contributed by atoms with Gasteiger partial charge in [-0.05, 0) is 12.8 Å². The summed E-state index contributed by atoms with van der Waals surface area (Å²) in [5, 5.41) is 10.8. The third-order valence-electron chi connectivity index (χ3n) is 2.19. The summed E-state index contributed by atoms with van der Waals surface area (Å²) in [7, 11) is 0. The standard InChI is InChI=1S/C8H14N4O2/c9-5-7-11-12-8(14-7)10-6-1-3-13-4-2-6/h6H,1-5,9H2,(H,10,12). The fourth-order valence-corrected chi connectivity index (χ4v) is 1.41. The Morgan fingerprint density at radius 1 is 1.36 bits per heavy atom.